The van der Waals surface area contributed by atoms with E-state index < -0.39 is 5.69 Å². The van der Waals surface area contributed by atoms with Crippen LogP contribution in [0.4, 0.5) is 10.8 Å². The first kappa shape index (κ1) is 20.3. The highest BCUT2D eigenvalue weighted by Gasteiger charge is 2.22. The largest absolute Gasteiger partial charge is 0.378 e. The first-order valence-electron chi connectivity index (χ1n) is 10.3. The molecule has 9 heteroatoms. The third kappa shape index (κ3) is 4.12. The van der Waals surface area contributed by atoms with Crippen LogP contribution in [0.25, 0.3) is 21.6 Å². The van der Waals surface area contributed by atoms with E-state index in [2.05, 4.69) is 15.2 Å². The SMILES string of the molecule is O=C(Cn1c(=O)nc(-c2ccccc2)c2nc(N3CCOCC3)sc21)Nc1ccccc1. The minimum absolute atomic E-state index is 0.142. The Morgan fingerprint density at radius 1 is 1.00 bits per heavy atom. The number of amides is 1. The van der Waals surface area contributed by atoms with E-state index in [9.17, 15) is 9.59 Å². The van der Waals surface area contributed by atoms with Gasteiger partial charge in [0.2, 0.25) is 5.91 Å². The molecule has 32 heavy (non-hydrogen) atoms. The number of morpholine rings is 1. The van der Waals surface area contributed by atoms with E-state index in [-0.39, 0.29) is 12.5 Å². The lowest BCUT2D eigenvalue weighted by atomic mass is 10.1. The van der Waals surface area contributed by atoms with Crippen molar-refractivity contribution in [2.24, 2.45) is 0 Å². The number of anilines is 2. The van der Waals surface area contributed by atoms with E-state index in [1.807, 2.05) is 48.5 Å². The zero-order chi connectivity index (χ0) is 21.9. The summed E-state index contributed by atoms with van der Waals surface area (Å²) in [7, 11) is 0. The maximum atomic E-state index is 13.0. The standard InChI is InChI=1S/C23H21N5O3S/c29-18(24-17-9-5-2-6-10-17)15-28-21-20(26-23(32-21)27-11-13-31-14-12-27)19(25-22(28)30)16-7-3-1-4-8-16/h1-10H,11-15H2,(H,24,29). The summed E-state index contributed by atoms with van der Waals surface area (Å²) in [5, 5.41) is 3.63. The van der Waals surface area contributed by atoms with Crippen LogP contribution in [0, 0.1) is 0 Å². The second kappa shape index (κ2) is 8.89. The van der Waals surface area contributed by atoms with Crippen molar-refractivity contribution >= 4 is 38.4 Å². The van der Waals surface area contributed by atoms with Gasteiger partial charge in [0.25, 0.3) is 0 Å². The number of rotatable bonds is 5. The molecule has 0 unspecified atom stereocenters. The summed E-state index contributed by atoms with van der Waals surface area (Å²) in [6, 6.07) is 18.7. The van der Waals surface area contributed by atoms with E-state index >= 15 is 0 Å². The third-order valence-corrected chi connectivity index (χ3v) is 6.33. The smallest absolute Gasteiger partial charge is 0.349 e. The second-order valence-electron chi connectivity index (χ2n) is 7.36. The zero-order valence-electron chi connectivity index (χ0n) is 17.2. The Kier molecular flexibility index (Phi) is 5.66. The summed E-state index contributed by atoms with van der Waals surface area (Å²) in [5.74, 6) is -0.296. The minimum Gasteiger partial charge on any atom is -0.378 e. The Labute approximate surface area is 188 Å². The van der Waals surface area contributed by atoms with Crippen LogP contribution >= 0.6 is 11.3 Å². The van der Waals surface area contributed by atoms with E-state index in [0.29, 0.717) is 34.9 Å². The molecule has 1 saturated heterocycles. The van der Waals surface area contributed by atoms with Gasteiger partial charge in [-0.1, -0.05) is 59.9 Å². The molecule has 8 nitrogen and oxygen atoms in total. The molecule has 0 saturated carbocycles. The number of nitrogens with one attached hydrogen (secondary N) is 1. The predicted octanol–water partition coefficient (Wildman–Crippen LogP) is 3.00. The molecule has 1 amide bonds. The van der Waals surface area contributed by atoms with Crippen molar-refractivity contribution in [2.75, 3.05) is 36.5 Å². The second-order valence-corrected chi connectivity index (χ2v) is 8.31. The number of aromatic nitrogens is 3. The van der Waals surface area contributed by atoms with E-state index in [1.165, 1.54) is 15.9 Å². The highest BCUT2D eigenvalue weighted by molar-refractivity contribution is 7.22. The van der Waals surface area contributed by atoms with Crippen LogP contribution in [0.1, 0.15) is 0 Å². The number of hydrogen-bond donors (Lipinski definition) is 1. The lowest BCUT2D eigenvalue weighted by molar-refractivity contribution is -0.116. The van der Waals surface area contributed by atoms with E-state index in [1.54, 1.807) is 12.1 Å². The van der Waals surface area contributed by atoms with Gasteiger partial charge in [0.05, 0.1) is 13.2 Å². The average Bonchev–Trinajstić information content (AvgIpc) is 3.28. The fourth-order valence-electron chi connectivity index (χ4n) is 3.63. The molecule has 3 heterocycles. The maximum absolute atomic E-state index is 13.0. The van der Waals surface area contributed by atoms with Gasteiger partial charge in [-0.15, -0.1) is 0 Å². The molecule has 162 valence electrons. The number of nitrogens with zero attached hydrogens (tertiary/aromatic N) is 4. The summed E-state index contributed by atoms with van der Waals surface area (Å²) < 4.78 is 6.86. The van der Waals surface area contributed by atoms with Crippen LogP contribution in [0.2, 0.25) is 0 Å². The predicted molar refractivity (Wildman–Crippen MR) is 125 cm³/mol. The third-order valence-electron chi connectivity index (χ3n) is 5.19. The fourth-order valence-corrected chi connectivity index (χ4v) is 4.74. The number of thiazole rings is 1. The Morgan fingerprint density at radius 3 is 2.41 bits per heavy atom. The molecule has 1 fully saturated rings. The van der Waals surface area contributed by atoms with E-state index in [4.69, 9.17) is 9.72 Å². The number of benzene rings is 2. The highest BCUT2D eigenvalue weighted by Crippen LogP contribution is 2.33. The molecule has 1 aliphatic heterocycles. The van der Waals surface area contributed by atoms with Crippen molar-refractivity contribution < 1.29 is 9.53 Å². The summed E-state index contributed by atoms with van der Waals surface area (Å²) in [6.07, 6.45) is 0. The van der Waals surface area contributed by atoms with Crippen molar-refractivity contribution in [3.8, 4) is 11.3 Å². The van der Waals surface area contributed by atoms with Gasteiger partial charge in [0, 0.05) is 24.3 Å². The molecule has 4 aromatic rings. The first-order valence-corrected chi connectivity index (χ1v) is 11.1. The van der Waals surface area contributed by atoms with Gasteiger partial charge >= 0.3 is 5.69 Å². The maximum Gasteiger partial charge on any atom is 0.349 e. The lowest BCUT2D eigenvalue weighted by Crippen LogP contribution is -2.36. The molecule has 0 spiro atoms. The molecule has 1 aliphatic rings. The number of para-hydroxylation sites is 1. The molecular weight excluding hydrogens is 426 g/mol. The molecule has 5 rings (SSSR count). The topological polar surface area (TPSA) is 89.3 Å². The van der Waals surface area contributed by atoms with Crippen LogP contribution in [-0.4, -0.2) is 46.7 Å². The normalized spacial score (nSPS) is 13.9. The lowest BCUT2D eigenvalue weighted by Gasteiger charge is -2.25. The number of fused-ring (bicyclic) bond motifs is 1. The van der Waals surface area contributed by atoms with Crippen molar-refractivity contribution in [1.29, 1.82) is 0 Å². The molecule has 1 N–H and O–H groups in total. The summed E-state index contributed by atoms with van der Waals surface area (Å²) in [4.78, 5) is 37.7. The van der Waals surface area contributed by atoms with Gasteiger partial charge in [-0.05, 0) is 12.1 Å². The van der Waals surface area contributed by atoms with Gasteiger partial charge in [-0.25, -0.2) is 9.78 Å². The van der Waals surface area contributed by atoms with Gasteiger partial charge in [-0.2, -0.15) is 4.98 Å². The number of ether oxygens (including phenoxy) is 1. The number of carbonyl (C=O) groups excluding carboxylic acids is 1. The van der Waals surface area contributed by atoms with Gasteiger partial charge in [0.1, 0.15) is 22.6 Å². The van der Waals surface area contributed by atoms with Crippen molar-refractivity contribution in [1.82, 2.24) is 14.5 Å². The quantitative estimate of drug-likeness (QED) is 0.506. The van der Waals surface area contributed by atoms with Gasteiger partial charge in [0.15, 0.2) is 5.13 Å². The average molecular weight is 448 g/mol. The summed E-state index contributed by atoms with van der Waals surface area (Å²) in [5.41, 5.74) is 2.16. The van der Waals surface area contributed by atoms with Gasteiger partial charge in [-0.3, -0.25) is 9.36 Å². The van der Waals surface area contributed by atoms with Crippen molar-refractivity contribution in [3.63, 3.8) is 0 Å². The molecular formula is C23H21N5O3S. The monoisotopic (exact) mass is 447 g/mol. The molecule has 0 bridgehead atoms. The Bertz CT molecular complexity index is 1300. The van der Waals surface area contributed by atoms with Gasteiger partial charge < -0.3 is 15.0 Å². The summed E-state index contributed by atoms with van der Waals surface area (Å²) in [6.45, 7) is 2.58. The number of hydrogen-bond acceptors (Lipinski definition) is 7. The van der Waals surface area contributed by atoms with Crippen LogP contribution in [-0.2, 0) is 16.1 Å². The number of carbonyl (C=O) groups is 1. The van der Waals surface area contributed by atoms with Crippen LogP contribution < -0.4 is 15.9 Å². The van der Waals surface area contributed by atoms with Crippen LogP contribution in [0.5, 0.6) is 0 Å². The molecule has 0 radical (unpaired) electrons. The Hall–Kier alpha value is -3.56. The summed E-state index contributed by atoms with van der Waals surface area (Å²) >= 11 is 1.40. The highest BCUT2D eigenvalue weighted by atomic mass is 32.1. The molecule has 2 aromatic carbocycles. The molecule has 0 atom stereocenters. The Balaban J connectivity index is 1.57. The molecule has 0 aliphatic carbocycles. The van der Waals surface area contributed by atoms with E-state index in [0.717, 1.165) is 23.8 Å². The first-order chi connectivity index (χ1) is 15.7. The minimum atomic E-state index is -0.475. The van der Waals surface area contributed by atoms with Crippen LogP contribution in [0.3, 0.4) is 0 Å². The van der Waals surface area contributed by atoms with Crippen molar-refractivity contribution in [2.45, 2.75) is 6.54 Å². The zero-order valence-corrected chi connectivity index (χ0v) is 18.0. The van der Waals surface area contributed by atoms with Crippen molar-refractivity contribution in [3.05, 3.63) is 71.1 Å². The fraction of sp³-hybridized carbons (Fsp3) is 0.217. The molecule has 2 aromatic heterocycles. The Morgan fingerprint density at radius 2 is 1.69 bits per heavy atom. The van der Waals surface area contributed by atoms with Crippen LogP contribution in [0.15, 0.2) is 65.5 Å².